The molecule has 0 saturated carbocycles. The van der Waals surface area contributed by atoms with Gasteiger partial charge in [-0.2, -0.15) is 0 Å². The summed E-state index contributed by atoms with van der Waals surface area (Å²) in [4.78, 5) is 24.1. The molecule has 1 aromatic carbocycles. The van der Waals surface area contributed by atoms with Gasteiger partial charge in [0.25, 0.3) is 0 Å². The summed E-state index contributed by atoms with van der Waals surface area (Å²) < 4.78 is 5.56. The van der Waals surface area contributed by atoms with Crippen LogP contribution in [0.2, 0.25) is 0 Å². The number of carboxylic acids is 1. The number of carbonyl (C=O) groups excluding carboxylic acids is 1. The van der Waals surface area contributed by atoms with E-state index in [-0.39, 0.29) is 11.9 Å². The molecular formula is C18H21NO4. The highest BCUT2D eigenvalue weighted by Crippen LogP contribution is 2.39. The lowest BCUT2D eigenvalue weighted by atomic mass is 9.82. The number of aliphatic carboxylic acids is 1. The lowest BCUT2D eigenvalue weighted by Crippen LogP contribution is -2.43. The minimum Gasteiger partial charge on any atom is -0.481 e. The van der Waals surface area contributed by atoms with Gasteiger partial charge in [-0.25, -0.2) is 0 Å². The van der Waals surface area contributed by atoms with Gasteiger partial charge in [0.2, 0.25) is 5.91 Å². The number of nitrogens with one attached hydrogen (secondary N) is 1. The Hall–Kier alpha value is -2.14. The number of carbonyl (C=O) groups is 2. The van der Waals surface area contributed by atoms with E-state index in [0.29, 0.717) is 0 Å². The molecule has 0 radical (unpaired) electrons. The second-order valence-corrected chi connectivity index (χ2v) is 6.22. The van der Waals surface area contributed by atoms with Crippen LogP contribution >= 0.6 is 0 Å². The normalized spacial score (nSPS) is 29.5. The summed E-state index contributed by atoms with van der Waals surface area (Å²) in [5.41, 5.74) is 2.19. The summed E-state index contributed by atoms with van der Waals surface area (Å²) in [6.07, 6.45) is 3.35. The number of amides is 1. The number of hydrogen-bond donors (Lipinski definition) is 2. The van der Waals surface area contributed by atoms with Crippen molar-refractivity contribution in [1.29, 1.82) is 0 Å². The van der Waals surface area contributed by atoms with Crippen LogP contribution in [0, 0.1) is 18.8 Å². The van der Waals surface area contributed by atoms with Gasteiger partial charge in [0.1, 0.15) is 5.92 Å². The first-order valence-corrected chi connectivity index (χ1v) is 7.94. The predicted molar refractivity (Wildman–Crippen MR) is 84.8 cm³/mol. The highest BCUT2D eigenvalue weighted by molar-refractivity contribution is 5.87. The number of rotatable bonds is 5. The molecule has 0 spiro atoms. The molecule has 0 unspecified atom stereocenters. The van der Waals surface area contributed by atoms with Gasteiger partial charge in [-0.05, 0) is 18.9 Å². The van der Waals surface area contributed by atoms with Crippen molar-refractivity contribution >= 4 is 11.9 Å². The zero-order valence-electron chi connectivity index (χ0n) is 13.2. The molecule has 2 aliphatic heterocycles. The summed E-state index contributed by atoms with van der Waals surface area (Å²) in [6.45, 7) is 4.01. The Kier molecular flexibility index (Phi) is 4.22. The minimum atomic E-state index is -0.981. The van der Waals surface area contributed by atoms with Gasteiger partial charge in [0.05, 0.1) is 24.2 Å². The zero-order valence-corrected chi connectivity index (χ0v) is 13.2. The van der Waals surface area contributed by atoms with Gasteiger partial charge in [0.15, 0.2) is 0 Å². The third-order valence-electron chi connectivity index (χ3n) is 4.69. The summed E-state index contributed by atoms with van der Waals surface area (Å²) in [7, 11) is 0. The van der Waals surface area contributed by atoms with Gasteiger partial charge in [-0.15, -0.1) is 0 Å². The van der Waals surface area contributed by atoms with Gasteiger partial charge < -0.3 is 15.2 Å². The van der Waals surface area contributed by atoms with Crippen LogP contribution in [0.5, 0.6) is 0 Å². The van der Waals surface area contributed by atoms with Crippen LogP contribution in [0.25, 0.3) is 0 Å². The molecule has 5 atom stereocenters. The third kappa shape index (κ3) is 2.88. The molecule has 1 amide bonds. The van der Waals surface area contributed by atoms with Crippen molar-refractivity contribution in [1.82, 2.24) is 5.32 Å². The summed E-state index contributed by atoms with van der Waals surface area (Å²) in [5, 5.41) is 12.4. The molecule has 5 heteroatoms. The molecule has 122 valence electrons. The second kappa shape index (κ2) is 6.16. The van der Waals surface area contributed by atoms with Crippen LogP contribution in [-0.4, -0.2) is 29.2 Å². The van der Waals surface area contributed by atoms with Crippen molar-refractivity contribution in [3.8, 4) is 0 Å². The third-order valence-corrected chi connectivity index (χ3v) is 4.69. The van der Waals surface area contributed by atoms with E-state index in [2.05, 4.69) is 5.32 Å². The maximum absolute atomic E-state index is 12.7. The van der Waals surface area contributed by atoms with Crippen molar-refractivity contribution in [3.05, 3.63) is 47.5 Å². The fourth-order valence-corrected chi connectivity index (χ4v) is 3.40. The molecular weight excluding hydrogens is 294 g/mol. The number of benzene rings is 1. The number of ether oxygens (including phenoxy) is 1. The van der Waals surface area contributed by atoms with E-state index in [4.69, 9.17) is 4.74 Å². The lowest BCUT2D eigenvalue weighted by molar-refractivity contribution is -0.146. The molecule has 3 rings (SSSR count). The SMILES string of the molecule is CC[C@H](NC(=O)[C@H]1[C@H](C(=O)O)[C@H]2C=C[C@H]1O2)c1ccc(C)cc1. The molecule has 2 N–H and O–H groups in total. The Labute approximate surface area is 135 Å². The Balaban J connectivity index is 1.76. The van der Waals surface area contributed by atoms with Gasteiger partial charge in [-0.3, -0.25) is 9.59 Å². The van der Waals surface area contributed by atoms with E-state index < -0.39 is 30.0 Å². The highest BCUT2D eigenvalue weighted by atomic mass is 16.5. The molecule has 1 fully saturated rings. The quantitative estimate of drug-likeness (QED) is 0.817. The molecule has 0 aromatic heterocycles. The number of aryl methyl sites for hydroxylation is 1. The first-order chi connectivity index (χ1) is 11.0. The zero-order chi connectivity index (χ0) is 16.6. The van der Waals surface area contributed by atoms with Crippen LogP contribution in [0.4, 0.5) is 0 Å². The highest BCUT2D eigenvalue weighted by Gasteiger charge is 2.53. The monoisotopic (exact) mass is 315 g/mol. The Morgan fingerprint density at radius 2 is 1.78 bits per heavy atom. The van der Waals surface area contributed by atoms with Gasteiger partial charge in [0, 0.05) is 0 Å². The maximum Gasteiger partial charge on any atom is 0.310 e. The van der Waals surface area contributed by atoms with E-state index in [1.807, 2.05) is 38.1 Å². The Morgan fingerprint density at radius 3 is 2.35 bits per heavy atom. The minimum absolute atomic E-state index is 0.124. The predicted octanol–water partition coefficient (Wildman–Crippen LogP) is 2.22. The van der Waals surface area contributed by atoms with Crippen LogP contribution < -0.4 is 5.32 Å². The second-order valence-electron chi connectivity index (χ2n) is 6.22. The van der Waals surface area contributed by atoms with E-state index in [1.165, 1.54) is 0 Å². The van der Waals surface area contributed by atoms with Crippen LogP contribution in [0.3, 0.4) is 0 Å². The molecule has 23 heavy (non-hydrogen) atoms. The van der Waals surface area contributed by atoms with Crippen LogP contribution in [0.15, 0.2) is 36.4 Å². The van der Waals surface area contributed by atoms with Gasteiger partial charge in [-0.1, -0.05) is 48.9 Å². The number of carboxylic acid groups (broad SMARTS) is 1. The first-order valence-electron chi connectivity index (χ1n) is 7.94. The first kappa shape index (κ1) is 15.7. The van der Waals surface area contributed by atoms with Crippen molar-refractivity contribution in [2.45, 2.75) is 38.5 Å². The standard InChI is InChI=1S/C18H21NO4/c1-3-12(11-6-4-10(2)5-7-11)19-17(20)15-13-8-9-14(23-13)16(15)18(21)22/h4-9,12-16H,3H2,1-2H3,(H,19,20)(H,21,22)/t12-,13+,14+,15+,16+/m0/s1. The van der Waals surface area contributed by atoms with Crippen molar-refractivity contribution in [3.63, 3.8) is 0 Å². The summed E-state index contributed by atoms with van der Waals surface area (Å²) >= 11 is 0. The van der Waals surface area contributed by atoms with Crippen molar-refractivity contribution < 1.29 is 19.4 Å². The van der Waals surface area contributed by atoms with Crippen LogP contribution in [-0.2, 0) is 14.3 Å². The average Bonchev–Trinajstić information content (AvgIpc) is 3.14. The van der Waals surface area contributed by atoms with E-state index in [9.17, 15) is 14.7 Å². The topological polar surface area (TPSA) is 75.6 Å². The molecule has 1 saturated heterocycles. The molecule has 2 aliphatic rings. The Bertz CT molecular complexity index is 637. The fraction of sp³-hybridized carbons (Fsp3) is 0.444. The van der Waals surface area contributed by atoms with Crippen LogP contribution in [0.1, 0.15) is 30.5 Å². The molecule has 1 aromatic rings. The summed E-state index contributed by atoms with van der Waals surface area (Å²) in [6, 6.07) is 7.88. The Morgan fingerprint density at radius 1 is 1.17 bits per heavy atom. The molecule has 5 nitrogen and oxygen atoms in total. The van der Waals surface area contributed by atoms with E-state index in [0.717, 1.165) is 17.5 Å². The number of fused-ring (bicyclic) bond motifs is 2. The smallest absolute Gasteiger partial charge is 0.310 e. The molecule has 2 heterocycles. The van der Waals surface area contributed by atoms with E-state index in [1.54, 1.807) is 12.2 Å². The fourth-order valence-electron chi connectivity index (χ4n) is 3.40. The van der Waals surface area contributed by atoms with Crippen molar-refractivity contribution in [2.75, 3.05) is 0 Å². The largest absolute Gasteiger partial charge is 0.481 e. The maximum atomic E-state index is 12.7. The van der Waals surface area contributed by atoms with E-state index >= 15 is 0 Å². The van der Waals surface area contributed by atoms with Gasteiger partial charge >= 0.3 is 5.97 Å². The number of hydrogen-bond acceptors (Lipinski definition) is 3. The average molecular weight is 315 g/mol. The van der Waals surface area contributed by atoms with Crippen molar-refractivity contribution in [2.24, 2.45) is 11.8 Å². The summed E-state index contributed by atoms with van der Waals surface area (Å²) in [5.74, 6) is -2.70. The lowest BCUT2D eigenvalue weighted by Gasteiger charge is -2.25. The molecule has 0 aliphatic carbocycles. The molecule has 2 bridgehead atoms.